The number of pyridine rings is 1. The molecular formula is C13H12NNaO6. The molecule has 3 N–H and O–H groups in total. The van der Waals surface area contributed by atoms with Crippen LogP contribution in [0.2, 0.25) is 0 Å². The fourth-order valence-electron chi connectivity index (χ4n) is 1.26. The van der Waals surface area contributed by atoms with E-state index in [1.165, 1.54) is 0 Å². The number of hydrogen-bond acceptors (Lipinski definition) is 7. The molecule has 0 radical (unpaired) electrons. The van der Waals surface area contributed by atoms with Crippen LogP contribution in [-0.4, -0.2) is 45.1 Å². The van der Waals surface area contributed by atoms with Gasteiger partial charge in [0.05, 0.1) is 6.61 Å². The SMILES string of the molecule is C#Cc1ccccn1.O=C1O[C@H]([C@@H](O)CO)C([O-])=C1O.[Na+]. The van der Waals surface area contributed by atoms with Gasteiger partial charge in [0.25, 0.3) is 0 Å². The number of nitrogens with zero attached hydrogens (tertiary/aromatic N) is 1. The molecule has 21 heavy (non-hydrogen) atoms. The summed E-state index contributed by atoms with van der Waals surface area (Å²) in [6, 6.07) is 5.49. The standard InChI is InChI=1S/C7H5N.C6H8O6.Na/c1-2-7-5-3-4-6-8-7;7-1-2(8)5-3(9)4(10)6(11)12-5;/h1,3-6H;2,5,7-10H,1H2;/q;;+1/p-1/t;2-,5+;/m.0./s1. The van der Waals surface area contributed by atoms with Gasteiger partial charge in [-0.25, -0.2) is 9.78 Å². The maximum Gasteiger partial charge on any atom is 1.00 e. The Labute approximate surface area is 143 Å². The minimum absolute atomic E-state index is 0. The molecule has 1 aliphatic rings. The fourth-order valence-corrected chi connectivity index (χ4v) is 1.26. The van der Waals surface area contributed by atoms with E-state index in [-0.39, 0.29) is 29.6 Å². The molecule has 106 valence electrons. The van der Waals surface area contributed by atoms with Gasteiger partial charge in [-0.2, -0.15) is 0 Å². The number of aliphatic hydroxyl groups is 3. The number of carbonyl (C=O) groups is 1. The van der Waals surface area contributed by atoms with E-state index < -0.39 is 36.3 Å². The summed E-state index contributed by atoms with van der Waals surface area (Å²) >= 11 is 0. The second kappa shape index (κ2) is 9.39. The van der Waals surface area contributed by atoms with Crippen LogP contribution in [0.1, 0.15) is 5.69 Å². The predicted octanol–water partition coefficient (Wildman–Crippen LogP) is -4.54. The maximum absolute atomic E-state index is 10.8. The number of ether oxygens (including phenoxy) is 1. The van der Waals surface area contributed by atoms with Crippen molar-refractivity contribution < 1.29 is 59.5 Å². The Kier molecular flexibility index (Phi) is 8.69. The Balaban J connectivity index is 0.000000390. The van der Waals surface area contributed by atoms with Gasteiger partial charge >= 0.3 is 35.5 Å². The van der Waals surface area contributed by atoms with E-state index in [4.69, 9.17) is 21.7 Å². The second-order valence-electron chi connectivity index (χ2n) is 3.65. The van der Waals surface area contributed by atoms with Crippen molar-refractivity contribution in [2.75, 3.05) is 6.61 Å². The molecule has 0 aromatic carbocycles. The van der Waals surface area contributed by atoms with Gasteiger partial charge in [0.1, 0.15) is 17.9 Å². The second-order valence-corrected chi connectivity index (χ2v) is 3.65. The molecule has 0 fully saturated rings. The van der Waals surface area contributed by atoms with E-state index in [1.807, 2.05) is 12.1 Å². The van der Waals surface area contributed by atoms with Gasteiger partial charge in [-0.05, 0) is 17.9 Å². The van der Waals surface area contributed by atoms with Crippen molar-refractivity contribution in [2.45, 2.75) is 12.2 Å². The molecule has 8 heteroatoms. The van der Waals surface area contributed by atoms with Crippen LogP contribution < -0.4 is 34.7 Å². The number of hydrogen-bond donors (Lipinski definition) is 3. The summed E-state index contributed by atoms with van der Waals surface area (Å²) in [6.45, 7) is -0.711. The van der Waals surface area contributed by atoms with Crippen molar-refractivity contribution in [2.24, 2.45) is 0 Å². The van der Waals surface area contributed by atoms with Gasteiger partial charge in [-0.15, -0.1) is 6.42 Å². The quantitative estimate of drug-likeness (QED) is 0.286. The van der Waals surface area contributed by atoms with E-state index in [2.05, 4.69) is 15.6 Å². The normalized spacial score (nSPS) is 17.8. The first-order chi connectivity index (χ1) is 9.51. The van der Waals surface area contributed by atoms with Crippen LogP contribution in [0.3, 0.4) is 0 Å². The van der Waals surface area contributed by atoms with E-state index in [1.54, 1.807) is 12.3 Å². The number of rotatable bonds is 2. The van der Waals surface area contributed by atoms with E-state index in [0.717, 1.165) is 0 Å². The Morgan fingerprint density at radius 2 is 2.19 bits per heavy atom. The Morgan fingerprint density at radius 1 is 1.52 bits per heavy atom. The molecule has 0 bridgehead atoms. The molecule has 2 heterocycles. The molecule has 0 saturated heterocycles. The predicted molar refractivity (Wildman–Crippen MR) is 64.8 cm³/mol. The molecule has 0 saturated carbocycles. The molecule has 0 aliphatic carbocycles. The number of cyclic esters (lactones) is 1. The van der Waals surface area contributed by atoms with Crippen LogP contribution >= 0.6 is 0 Å². The number of aliphatic hydroxyl groups excluding tert-OH is 3. The van der Waals surface area contributed by atoms with Crippen molar-refractivity contribution in [3.63, 3.8) is 0 Å². The molecule has 0 spiro atoms. The molecule has 2 atom stereocenters. The van der Waals surface area contributed by atoms with E-state index >= 15 is 0 Å². The van der Waals surface area contributed by atoms with Crippen LogP contribution in [0.15, 0.2) is 35.9 Å². The Bertz CT molecular complexity index is 539. The molecule has 2 rings (SSSR count). The van der Waals surface area contributed by atoms with E-state index in [9.17, 15) is 9.90 Å². The zero-order valence-electron chi connectivity index (χ0n) is 11.3. The minimum atomic E-state index is -1.48. The molecule has 0 amide bonds. The summed E-state index contributed by atoms with van der Waals surface area (Å²) in [5.41, 5.74) is 0.688. The third kappa shape index (κ3) is 5.38. The third-order valence-corrected chi connectivity index (χ3v) is 2.27. The molecule has 1 aromatic heterocycles. The number of terminal acetylenes is 1. The average Bonchev–Trinajstić information content (AvgIpc) is 2.75. The van der Waals surface area contributed by atoms with Crippen LogP contribution in [-0.2, 0) is 9.53 Å². The summed E-state index contributed by atoms with van der Waals surface area (Å²) < 4.78 is 4.25. The van der Waals surface area contributed by atoms with Gasteiger partial charge in [0.15, 0.2) is 5.76 Å². The topological polar surface area (TPSA) is 123 Å². The first kappa shape index (κ1) is 19.4. The third-order valence-electron chi connectivity index (χ3n) is 2.27. The van der Waals surface area contributed by atoms with Crippen LogP contribution in [0, 0.1) is 12.3 Å². The summed E-state index contributed by atoms with van der Waals surface area (Å²) in [4.78, 5) is 14.4. The molecule has 7 nitrogen and oxygen atoms in total. The summed E-state index contributed by atoms with van der Waals surface area (Å²) in [6.07, 6.45) is 3.76. The summed E-state index contributed by atoms with van der Waals surface area (Å²) in [7, 11) is 0. The Hall–Kier alpha value is -1.56. The monoisotopic (exact) mass is 301 g/mol. The van der Waals surface area contributed by atoms with Crippen molar-refractivity contribution in [3.05, 3.63) is 41.6 Å². The molecular weight excluding hydrogens is 289 g/mol. The van der Waals surface area contributed by atoms with Crippen LogP contribution in [0.25, 0.3) is 0 Å². The van der Waals surface area contributed by atoms with Gasteiger partial charge in [-0.3, -0.25) is 0 Å². The Morgan fingerprint density at radius 3 is 2.52 bits per heavy atom. The van der Waals surface area contributed by atoms with Gasteiger partial charge in [0.2, 0.25) is 0 Å². The van der Waals surface area contributed by atoms with Crippen molar-refractivity contribution in [1.82, 2.24) is 4.98 Å². The van der Waals surface area contributed by atoms with Crippen molar-refractivity contribution >= 4 is 5.97 Å². The maximum atomic E-state index is 10.8. The zero-order valence-corrected chi connectivity index (χ0v) is 13.3. The number of aromatic nitrogens is 1. The van der Waals surface area contributed by atoms with Crippen LogP contribution in [0.4, 0.5) is 0 Å². The molecule has 0 unspecified atom stereocenters. The van der Waals surface area contributed by atoms with Gasteiger partial charge < -0.3 is 25.2 Å². The summed E-state index contributed by atoms with van der Waals surface area (Å²) in [5.74, 6) is -0.786. The van der Waals surface area contributed by atoms with E-state index in [0.29, 0.717) is 5.69 Å². The largest absolute Gasteiger partial charge is 1.00 e. The van der Waals surface area contributed by atoms with Crippen LogP contribution in [0.5, 0.6) is 0 Å². The average molecular weight is 301 g/mol. The number of esters is 1. The smallest absolute Gasteiger partial charge is 0.870 e. The molecule has 1 aliphatic heterocycles. The number of carbonyl (C=O) groups excluding carboxylic acids is 1. The molecule has 1 aromatic rings. The van der Waals surface area contributed by atoms with Crippen molar-refractivity contribution in [1.29, 1.82) is 0 Å². The van der Waals surface area contributed by atoms with Crippen molar-refractivity contribution in [3.8, 4) is 12.3 Å². The fraction of sp³-hybridized carbons (Fsp3) is 0.231. The first-order valence-electron chi connectivity index (χ1n) is 5.49. The van der Waals surface area contributed by atoms with Gasteiger partial charge in [0, 0.05) is 6.20 Å². The summed E-state index contributed by atoms with van der Waals surface area (Å²) in [5, 5.41) is 36.8. The first-order valence-corrected chi connectivity index (χ1v) is 5.49. The minimum Gasteiger partial charge on any atom is -0.870 e. The zero-order chi connectivity index (χ0) is 15.1. The van der Waals surface area contributed by atoms with Gasteiger partial charge in [-0.1, -0.05) is 12.0 Å².